The molecule has 2 saturated heterocycles. The van der Waals surface area contributed by atoms with E-state index in [1.54, 1.807) is 0 Å². The van der Waals surface area contributed by atoms with E-state index in [9.17, 15) is 9.59 Å². The van der Waals surface area contributed by atoms with E-state index in [0.29, 0.717) is 52.4 Å². The van der Waals surface area contributed by atoms with Gasteiger partial charge in [0.15, 0.2) is 0 Å². The highest BCUT2D eigenvalue weighted by atomic mass is 16.5. The highest BCUT2D eigenvalue weighted by Gasteiger charge is 2.33. The molecule has 2 aliphatic heterocycles. The number of morpholine rings is 1. The maximum Gasteiger partial charge on any atom is 0.227 e. The summed E-state index contributed by atoms with van der Waals surface area (Å²) in [6, 6.07) is 6.41. The largest absolute Gasteiger partial charge is 0.378 e. The van der Waals surface area contributed by atoms with Crippen LogP contribution >= 0.6 is 0 Å². The summed E-state index contributed by atoms with van der Waals surface area (Å²) in [6.07, 6.45) is 1.45. The molecule has 0 spiro atoms. The molecule has 2 atom stereocenters. The fourth-order valence-electron chi connectivity index (χ4n) is 3.91. The molecule has 2 heterocycles. The van der Waals surface area contributed by atoms with Crippen LogP contribution in [0, 0.1) is 25.7 Å². The van der Waals surface area contributed by atoms with Crippen LogP contribution in [-0.4, -0.2) is 62.7 Å². The Morgan fingerprint density at radius 1 is 1.19 bits per heavy atom. The summed E-state index contributed by atoms with van der Waals surface area (Å²) in [4.78, 5) is 27.1. The molecule has 2 aliphatic rings. The number of hydrogen-bond donors (Lipinski definition) is 2. The molecule has 6 nitrogen and oxygen atoms in total. The summed E-state index contributed by atoms with van der Waals surface area (Å²) in [6.45, 7) is 8.63. The number of nitrogens with one attached hydrogen (secondary N) is 2. The van der Waals surface area contributed by atoms with E-state index >= 15 is 0 Å². The minimum atomic E-state index is -0.146. The van der Waals surface area contributed by atoms with Crippen molar-refractivity contribution in [1.82, 2.24) is 15.5 Å². The molecule has 0 aliphatic carbocycles. The summed E-state index contributed by atoms with van der Waals surface area (Å²) >= 11 is 0. The smallest absolute Gasteiger partial charge is 0.227 e. The number of carbonyl (C=O) groups excluding carboxylic acids is 2. The Labute approximate surface area is 161 Å². The zero-order valence-electron chi connectivity index (χ0n) is 16.4. The highest BCUT2D eigenvalue weighted by Crippen LogP contribution is 2.20. The molecule has 1 aromatic rings. The fraction of sp³-hybridized carbons (Fsp3) is 0.619. The van der Waals surface area contributed by atoms with Gasteiger partial charge in [-0.15, -0.1) is 0 Å². The molecular formula is C21H31N3O3. The maximum absolute atomic E-state index is 12.7. The zero-order valence-corrected chi connectivity index (χ0v) is 16.4. The van der Waals surface area contributed by atoms with Crippen LogP contribution in [0.1, 0.15) is 23.1 Å². The van der Waals surface area contributed by atoms with E-state index in [0.717, 1.165) is 6.42 Å². The van der Waals surface area contributed by atoms with Crippen molar-refractivity contribution in [2.45, 2.75) is 26.7 Å². The Bertz CT molecular complexity index is 671. The number of benzene rings is 1. The van der Waals surface area contributed by atoms with Gasteiger partial charge in [0.25, 0.3) is 0 Å². The molecule has 2 N–H and O–H groups in total. The van der Waals surface area contributed by atoms with Gasteiger partial charge in [-0.25, -0.2) is 0 Å². The van der Waals surface area contributed by atoms with Gasteiger partial charge in [-0.05, 0) is 37.8 Å². The van der Waals surface area contributed by atoms with Gasteiger partial charge in [0.2, 0.25) is 11.8 Å². The zero-order chi connectivity index (χ0) is 19.2. The lowest BCUT2D eigenvalue weighted by Crippen LogP contribution is -2.51. The van der Waals surface area contributed by atoms with Crippen molar-refractivity contribution in [3.8, 4) is 0 Å². The van der Waals surface area contributed by atoms with Gasteiger partial charge in [-0.3, -0.25) is 9.59 Å². The molecular weight excluding hydrogens is 342 g/mol. The monoisotopic (exact) mass is 373 g/mol. The van der Waals surface area contributed by atoms with Crippen molar-refractivity contribution in [2.24, 2.45) is 11.8 Å². The first-order valence-corrected chi connectivity index (χ1v) is 9.95. The molecule has 27 heavy (non-hydrogen) atoms. The van der Waals surface area contributed by atoms with E-state index in [-0.39, 0.29) is 23.7 Å². The van der Waals surface area contributed by atoms with Crippen LogP contribution in [0.3, 0.4) is 0 Å². The minimum Gasteiger partial charge on any atom is -0.378 e. The van der Waals surface area contributed by atoms with Crippen LogP contribution in [0.2, 0.25) is 0 Å². The molecule has 2 amide bonds. The Morgan fingerprint density at radius 3 is 2.70 bits per heavy atom. The predicted molar refractivity (Wildman–Crippen MR) is 104 cm³/mol. The highest BCUT2D eigenvalue weighted by molar-refractivity contribution is 5.83. The number of carbonyl (C=O) groups is 2. The molecule has 0 radical (unpaired) electrons. The first-order chi connectivity index (χ1) is 13.0. The van der Waals surface area contributed by atoms with Crippen LogP contribution in [-0.2, 0) is 20.7 Å². The van der Waals surface area contributed by atoms with E-state index in [2.05, 4.69) is 42.7 Å². The van der Waals surface area contributed by atoms with Crippen molar-refractivity contribution in [2.75, 3.05) is 45.9 Å². The van der Waals surface area contributed by atoms with Crippen LogP contribution in [0.25, 0.3) is 0 Å². The van der Waals surface area contributed by atoms with Crippen LogP contribution in [0.15, 0.2) is 18.2 Å². The van der Waals surface area contributed by atoms with E-state index in [4.69, 9.17) is 4.74 Å². The average Bonchev–Trinajstić information content (AvgIpc) is 2.70. The normalized spacial score (nSPS) is 23.1. The number of hydrogen-bond acceptors (Lipinski definition) is 4. The molecule has 6 heteroatoms. The number of piperidine rings is 1. The van der Waals surface area contributed by atoms with Gasteiger partial charge in [-0.2, -0.15) is 0 Å². The van der Waals surface area contributed by atoms with Gasteiger partial charge in [0.1, 0.15) is 0 Å². The fourth-order valence-corrected chi connectivity index (χ4v) is 3.91. The lowest BCUT2D eigenvalue weighted by atomic mass is 9.88. The predicted octanol–water partition coefficient (Wildman–Crippen LogP) is 1.05. The third-order valence-electron chi connectivity index (χ3n) is 5.59. The second kappa shape index (κ2) is 9.33. The SMILES string of the molecule is Cc1ccc(C)c(CCNC(=O)[C@H]2CNC[C@@H](C(=O)N3CCOCC3)C2)c1. The van der Waals surface area contributed by atoms with Crippen LogP contribution in [0.4, 0.5) is 0 Å². The molecule has 0 saturated carbocycles. The molecule has 1 aromatic carbocycles. The van der Waals surface area contributed by atoms with Crippen molar-refractivity contribution in [3.63, 3.8) is 0 Å². The number of nitrogens with zero attached hydrogens (tertiary/aromatic N) is 1. The lowest BCUT2D eigenvalue weighted by molar-refractivity contribution is -0.141. The second-order valence-electron chi connectivity index (χ2n) is 7.70. The number of rotatable bonds is 5. The number of aryl methyl sites for hydroxylation is 2. The van der Waals surface area contributed by atoms with Crippen molar-refractivity contribution in [3.05, 3.63) is 34.9 Å². The van der Waals surface area contributed by atoms with Gasteiger partial charge in [-0.1, -0.05) is 23.8 Å². The molecule has 3 rings (SSSR count). The van der Waals surface area contributed by atoms with E-state index in [1.165, 1.54) is 16.7 Å². The quantitative estimate of drug-likeness (QED) is 0.809. The van der Waals surface area contributed by atoms with Gasteiger partial charge >= 0.3 is 0 Å². The van der Waals surface area contributed by atoms with Gasteiger partial charge in [0.05, 0.1) is 25.0 Å². The maximum atomic E-state index is 12.7. The molecule has 0 aromatic heterocycles. The lowest BCUT2D eigenvalue weighted by Gasteiger charge is -2.34. The number of amides is 2. The van der Waals surface area contributed by atoms with Crippen molar-refractivity contribution >= 4 is 11.8 Å². The summed E-state index contributed by atoms with van der Waals surface area (Å²) in [7, 11) is 0. The third kappa shape index (κ3) is 5.30. The van der Waals surface area contributed by atoms with Crippen molar-refractivity contribution in [1.29, 1.82) is 0 Å². The minimum absolute atomic E-state index is 0.0484. The van der Waals surface area contributed by atoms with Crippen molar-refractivity contribution < 1.29 is 14.3 Å². The summed E-state index contributed by atoms with van der Waals surface area (Å²) < 4.78 is 5.32. The Morgan fingerprint density at radius 2 is 1.93 bits per heavy atom. The van der Waals surface area contributed by atoms with Crippen LogP contribution < -0.4 is 10.6 Å². The van der Waals surface area contributed by atoms with Crippen LogP contribution in [0.5, 0.6) is 0 Å². The standard InChI is InChI=1S/C21H31N3O3/c1-15-3-4-16(2)17(11-15)5-6-23-20(25)18-12-19(14-22-13-18)21(26)24-7-9-27-10-8-24/h3-4,11,18-19,22H,5-10,12-14H2,1-2H3,(H,23,25)/t18-,19+/m1/s1. The van der Waals surface area contributed by atoms with Gasteiger partial charge in [0, 0.05) is 32.7 Å². The Balaban J connectivity index is 1.47. The first-order valence-electron chi connectivity index (χ1n) is 9.95. The van der Waals surface area contributed by atoms with Gasteiger partial charge < -0.3 is 20.3 Å². The Hall–Kier alpha value is -1.92. The average molecular weight is 373 g/mol. The number of ether oxygens (including phenoxy) is 1. The van der Waals surface area contributed by atoms with E-state index in [1.807, 2.05) is 4.90 Å². The molecule has 0 unspecified atom stereocenters. The third-order valence-corrected chi connectivity index (χ3v) is 5.59. The Kier molecular flexibility index (Phi) is 6.85. The molecule has 148 valence electrons. The summed E-state index contributed by atoms with van der Waals surface area (Å²) in [5.74, 6) is -0.0649. The first kappa shape index (κ1) is 19.8. The summed E-state index contributed by atoms with van der Waals surface area (Å²) in [5.41, 5.74) is 3.77. The second-order valence-corrected chi connectivity index (χ2v) is 7.70. The van der Waals surface area contributed by atoms with E-state index < -0.39 is 0 Å². The summed E-state index contributed by atoms with van der Waals surface area (Å²) in [5, 5.41) is 6.33. The topological polar surface area (TPSA) is 70.7 Å². The molecule has 2 fully saturated rings. The molecule has 0 bridgehead atoms.